The Morgan fingerprint density at radius 3 is 1.38 bits per heavy atom. The van der Waals surface area contributed by atoms with E-state index in [0.717, 1.165) is 0 Å². The highest BCUT2D eigenvalue weighted by atomic mass is 35.5. The molecule has 0 heterocycles. The predicted molar refractivity (Wildman–Crippen MR) is 47.0 cm³/mol. The van der Waals surface area contributed by atoms with Crippen molar-refractivity contribution >= 4 is 12.4 Å². The summed E-state index contributed by atoms with van der Waals surface area (Å²) in [5.74, 6) is -3.08. The van der Waals surface area contributed by atoms with Gasteiger partial charge in [-0.15, -0.1) is 12.4 Å². The fraction of sp³-hybridized carbons (Fsp3) is 1.00. The van der Waals surface area contributed by atoms with E-state index < -0.39 is 24.7 Å². The predicted octanol–water partition coefficient (Wildman–Crippen LogP) is -2.50. The molecule has 0 aromatic carbocycles. The second-order valence-electron chi connectivity index (χ2n) is 2.74. The van der Waals surface area contributed by atoms with Gasteiger partial charge in [-0.3, -0.25) is 0 Å². The summed E-state index contributed by atoms with van der Waals surface area (Å²) in [5.41, 5.74) is 3.53. The number of rotatable bonds is 5. The van der Waals surface area contributed by atoms with E-state index in [9.17, 15) is 0 Å². The highest BCUT2D eigenvalue weighted by molar-refractivity contribution is 5.85. The van der Waals surface area contributed by atoms with Gasteiger partial charge in [0.05, 0.1) is 0 Å². The van der Waals surface area contributed by atoms with Crippen molar-refractivity contribution in [1.29, 1.82) is 0 Å². The fourth-order valence-corrected chi connectivity index (χ4v) is 0.859. The topological polar surface area (TPSA) is 127 Å². The van der Waals surface area contributed by atoms with E-state index in [1.165, 1.54) is 0 Å². The number of nitrogens with two attached hydrogens (primary N) is 1. The fourth-order valence-electron chi connectivity index (χ4n) is 0.859. The van der Waals surface area contributed by atoms with Crippen molar-refractivity contribution in [3.8, 4) is 0 Å². The van der Waals surface area contributed by atoms with Gasteiger partial charge in [0.2, 0.25) is 0 Å². The average Bonchev–Trinajstić information content (AvgIpc) is 1.86. The van der Waals surface area contributed by atoms with Crippen molar-refractivity contribution in [2.45, 2.75) is 24.4 Å². The van der Waals surface area contributed by atoms with Crippen LogP contribution in [-0.4, -0.2) is 50.3 Å². The van der Waals surface area contributed by atoms with E-state index in [4.69, 9.17) is 31.3 Å². The maximum absolute atomic E-state index is 8.76. The molecule has 6 nitrogen and oxygen atoms in total. The zero-order chi connectivity index (χ0) is 9.83. The highest BCUT2D eigenvalue weighted by Crippen LogP contribution is 2.21. The number of halogens is 1. The molecular formula is C6H16ClNO5. The quantitative estimate of drug-likeness (QED) is 0.283. The van der Waals surface area contributed by atoms with Gasteiger partial charge in [0.1, 0.15) is 5.54 Å². The second kappa shape index (κ2) is 5.71. The maximum atomic E-state index is 8.76. The Bertz CT molecular complexity index is 131. The van der Waals surface area contributed by atoms with Crippen LogP contribution < -0.4 is 5.73 Å². The third-order valence-corrected chi connectivity index (χ3v) is 1.78. The molecule has 0 bridgehead atoms. The summed E-state index contributed by atoms with van der Waals surface area (Å²) in [6.45, 7) is -0.806. The van der Waals surface area contributed by atoms with Crippen LogP contribution in [0.1, 0.15) is 12.8 Å². The lowest BCUT2D eigenvalue weighted by Crippen LogP contribution is -2.61. The van der Waals surface area contributed by atoms with Gasteiger partial charge in [-0.25, -0.2) is 0 Å². The molecule has 7 heteroatoms. The largest absolute Gasteiger partial charge is 0.396 e. The van der Waals surface area contributed by atoms with Crippen LogP contribution in [-0.2, 0) is 0 Å². The van der Waals surface area contributed by atoms with Crippen LogP contribution in [0.15, 0.2) is 0 Å². The molecule has 13 heavy (non-hydrogen) atoms. The molecule has 0 aliphatic heterocycles. The summed E-state index contributed by atoms with van der Waals surface area (Å²) in [4.78, 5) is 0. The van der Waals surface area contributed by atoms with Crippen molar-refractivity contribution in [1.82, 2.24) is 0 Å². The lowest BCUT2D eigenvalue weighted by Gasteiger charge is -2.35. The molecule has 0 spiro atoms. The molecule has 0 rings (SSSR count). The molecule has 0 amide bonds. The minimum atomic E-state index is -3.08. The Morgan fingerprint density at radius 1 is 0.923 bits per heavy atom. The van der Waals surface area contributed by atoms with E-state index in [0.29, 0.717) is 0 Å². The first kappa shape index (κ1) is 15.5. The van der Waals surface area contributed by atoms with Gasteiger partial charge in [0, 0.05) is 13.2 Å². The highest BCUT2D eigenvalue weighted by Gasteiger charge is 2.44. The molecule has 0 aromatic rings. The first-order chi connectivity index (χ1) is 5.37. The first-order valence-electron chi connectivity index (χ1n) is 3.55. The molecule has 0 saturated carbocycles. The van der Waals surface area contributed by atoms with Gasteiger partial charge in [-0.1, -0.05) is 0 Å². The van der Waals surface area contributed by atoms with E-state index >= 15 is 0 Å². The molecule has 7 N–H and O–H groups in total. The SMILES string of the molecule is Cl.NC(CCO)(CCO)C(O)(O)O. The summed E-state index contributed by atoms with van der Waals surface area (Å²) in [7, 11) is 0. The molecule has 0 radical (unpaired) electrons. The number of hydrogen-bond donors (Lipinski definition) is 6. The summed E-state index contributed by atoms with van der Waals surface area (Å²) < 4.78 is 0. The number of aliphatic hydroxyl groups is 5. The molecule has 0 fully saturated rings. The van der Waals surface area contributed by atoms with Crippen molar-refractivity contribution in [2.75, 3.05) is 13.2 Å². The van der Waals surface area contributed by atoms with Crippen LogP contribution in [0.3, 0.4) is 0 Å². The zero-order valence-corrected chi connectivity index (χ0v) is 7.87. The Labute approximate surface area is 82.0 Å². The molecule has 82 valence electrons. The van der Waals surface area contributed by atoms with Crippen molar-refractivity contribution < 1.29 is 25.5 Å². The van der Waals surface area contributed by atoms with Crippen LogP contribution in [0, 0.1) is 0 Å². The third kappa shape index (κ3) is 4.19. The van der Waals surface area contributed by atoms with Gasteiger partial charge in [0.25, 0.3) is 5.97 Å². The van der Waals surface area contributed by atoms with Gasteiger partial charge >= 0.3 is 0 Å². The molecule has 0 aromatic heterocycles. The standard InChI is InChI=1S/C6H15NO5.ClH/c7-5(1-3-8,2-4-9)6(10,11)12;/h8-12H,1-4,7H2;1H. The van der Waals surface area contributed by atoms with Crippen LogP contribution in [0.25, 0.3) is 0 Å². The third-order valence-electron chi connectivity index (χ3n) is 1.78. The normalized spacial score (nSPS) is 12.5. The van der Waals surface area contributed by atoms with Crippen molar-refractivity contribution in [3.05, 3.63) is 0 Å². The first-order valence-corrected chi connectivity index (χ1v) is 3.55. The minimum absolute atomic E-state index is 0. The van der Waals surface area contributed by atoms with E-state index in [2.05, 4.69) is 0 Å². The van der Waals surface area contributed by atoms with E-state index in [-0.39, 0.29) is 25.2 Å². The number of hydrogen-bond acceptors (Lipinski definition) is 6. The van der Waals surface area contributed by atoms with Gasteiger partial charge in [-0.05, 0) is 12.8 Å². The molecular weight excluding hydrogens is 202 g/mol. The van der Waals surface area contributed by atoms with Crippen LogP contribution in [0.5, 0.6) is 0 Å². The van der Waals surface area contributed by atoms with Gasteiger partial charge in [-0.2, -0.15) is 0 Å². The van der Waals surface area contributed by atoms with E-state index in [1.54, 1.807) is 0 Å². The molecule has 0 atom stereocenters. The van der Waals surface area contributed by atoms with Crippen LogP contribution >= 0.6 is 12.4 Å². The Balaban J connectivity index is 0. The van der Waals surface area contributed by atoms with E-state index in [1.807, 2.05) is 0 Å². The minimum Gasteiger partial charge on any atom is -0.396 e. The van der Waals surface area contributed by atoms with Crippen molar-refractivity contribution in [3.63, 3.8) is 0 Å². The Morgan fingerprint density at radius 2 is 1.23 bits per heavy atom. The molecule has 0 saturated heterocycles. The number of aliphatic hydroxyl groups excluding tert-OH is 2. The maximum Gasteiger partial charge on any atom is 0.294 e. The zero-order valence-electron chi connectivity index (χ0n) is 7.05. The smallest absolute Gasteiger partial charge is 0.294 e. The lowest BCUT2D eigenvalue weighted by atomic mass is 9.90. The Hall–Kier alpha value is 0.0500. The summed E-state index contributed by atoms with van der Waals surface area (Å²) in [5, 5.41) is 43.3. The molecule has 0 aliphatic carbocycles. The van der Waals surface area contributed by atoms with Crippen molar-refractivity contribution in [2.24, 2.45) is 5.73 Å². The summed E-state index contributed by atoms with van der Waals surface area (Å²) >= 11 is 0. The van der Waals surface area contributed by atoms with Crippen LogP contribution in [0.4, 0.5) is 0 Å². The lowest BCUT2D eigenvalue weighted by molar-refractivity contribution is -0.351. The van der Waals surface area contributed by atoms with Gasteiger partial charge in [0.15, 0.2) is 0 Å². The molecule has 0 aliphatic rings. The summed E-state index contributed by atoms with van der Waals surface area (Å²) in [6.07, 6.45) is -0.423. The summed E-state index contributed by atoms with van der Waals surface area (Å²) in [6, 6.07) is 0. The van der Waals surface area contributed by atoms with Crippen LogP contribution in [0.2, 0.25) is 0 Å². The molecule has 0 unspecified atom stereocenters. The monoisotopic (exact) mass is 217 g/mol. The van der Waals surface area contributed by atoms with Gasteiger partial charge < -0.3 is 31.3 Å². The Kier molecular flexibility index (Phi) is 6.82. The average molecular weight is 218 g/mol. The second-order valence-corrected chi connectivity index (χ2v) is 2.74.